The fourth-order valence-corrected chi connectivity index (χ4v) is 2.93. The Bertz CT molecular complexity index is 794. The number of aryl methyl sites for hydroxylation is 3. The Morgan fingerprint density at radius 2 is 1.69 bits per heavy atom. The predicted molar refractivity (Wildman–Crippen MR) is 98.7 cm³/mol. The molecule has 1 aromatic heterocycles. The number of amides is 2. The third-order valence-corrected chi connectivity index (χ3v) is 4.31. The first-order valence-corrected chi connectivity index (χ1v) is 9.10. The second-order valence-corrected chi connectivity index (χ2v) is 6.73. The van der Waals surface area contributed by atoms with Crippen LogP contribution in [0.3, 0.4) is 0 Å². The van der Waals surface area contributed by atoms with Crippen LogP contribution < -0.4 is 10.6 Å². The minimum absolute atomic E-state index is 0.173. The van der Waals surface area contributed by atoms with Gasteiger partial charge in [0.15, 0.2) is 5.16 Å². The fourth-order valence-electron chi connectivity index (χ4n) is 2.15. The van der Waals surface area contributed by atoms with E-state index in [2.05, 4.69) is 20.6 Å². The van der Waals surface area contributed by atoms with Crippen LogP contribution in [0.4, 0.5) is 4.39 Å². The number of rotatable bonds is 7. The van der Waals surface area contributed by atoms with Gasteiger partial charge in [-0.3, -0.25) is 9.59 Å². The van der Waals surface area contributed by atoms with Gasteiger partial charge in [-0.05, 0) is 44.5 Å². The molecule has 26 heavy (non-hydrogen) atoms. The molecule has 0 aliphatic heterocycles. The molecule has 2 rings (SSSR count). The first-order chi connectivity index (χ1) is 12.3. The van der Waals surface area contributed by atoms with Gasteiger partial charge in [-0.25, -0.2) is 14.4 Å². The van der Waals surface area contributed by atoms with Crippen molar-refractivity contribution in [3.8, 4) is 0 Å². The summed E-state index contributed by atoms with van der Waals surface area (Å²) in [6, 6.07) is 6.18. The van der Waals surface area contributed by atoms with E-state index in [0.717, 1.165) is 11.4 Å². The van der Waals surface area contributed by atoms with Gasteiger partial charge >= 0.3 is 0 Å². The van der Waals surface area contributed by atoms with Crippen LogP contribution in [0.5, 0.6) is 0 Å². The lowest BCUT2D eigenvalue weighted by Gasteiger charge is -2.08. The summed E-state index contributed by atoms with van der Waals surface area (Å²) in [5.41, 5.74) is 2.45. The highest BCUT2D eigenvalue weighted by molar-refractivity contribution is 7.99. The van der Waals surface area contributed by atoms with Crippen LogP contribution in [-0.2, 0) is 4.79 Å². The maximum atomic E-state index is 13.5. The molecule has 0 radical (unpaired) electrons. The highest BCUT2D eigenvalue weighted by Crippen LogP contribution is 2.13. The molecule has 0 fully saturated rings. The summed E-state index contributed by atoms with van der Waals surface area (Å²) in [6.07, 6.45) is 0. The minimum atomic E-state index is -0.420. The SMILES string of the molecule is Cc1cc(C)nc(SCC(=O)NCCNC(=O)c2ccc(C)c(F)c2)n1. The Labute approximate surface area is 156 Å². The summed E-state index contributed by atoms with van der Waals surface area (Å²) in [7, 11) is 0. The molecule has 0 bridgehead atoms. The van der Waals surface area contributed by atoms with E-state index in [0.29, 0.717) is 10.7 Å². The average Bonchev–Trinajstić information content (AvgIpc) is 2.58. The fraction of sp³-hybridized carbons (Fsp3) is 0.333. The van der Waals surface area contributed by atoms with E-state index < -0.39 is 5.82 Å². The van der Waals surface area contributed by atoms with Gasteiger partial charge in [-0.2, -0.15) is 0 Å². The Morgan fingerprint density at radius 3 is 2.35 bits per heavy atom. The van der Waals surface area contributed by atoms with Crippen LogP contribution in [0.1, 0.15) is 27.3 Å². The van der Waals surface area contributed by atoms with Gasteiger partial charge in [0.2, 0.25) is 5.91 Å². The topological polar surface area (TPSA) is 84.0 Å². The van der Waals surface area contributed by atoms with E-state index >= 15 is 0 Å². The summed E-state index contributed by atoms with van der Waals surface area (Å²) >= 11 is 1.26. The van der Waals surface area contributed by atoms with Crippen molar-refractivity contribution in [2.24, 2.45) is 0 Å². The number of nitrogens with zero attached hydrogens (tertiary/aromatic N) is 2. The van der Waals surface area contributed by atoms with Crippen LogP contribution >= 0.6 is 11.8 Å². The smallest absolute Gasteiger partial charge is 0.251 e. The van der Waals surface area contributed by atoms with Crippen LogP contribution in [0, 0.1) is 26.6 Å². The zero-order chi connectivity index (χ0) is 19.1. The number of thioether (sulfide) groups is 1. The highest BCUT2D eigenvalue weighted by atomic mass is 32.2. The summed E-state index contributed by atoms with van der Waals surface area (Å²) in [4.78, 5) is 32.3. The lowest BCUT2D eigenvalue weighted by atomic mass is 10.1. The van der Waals surface area contributed by atoms with Crippen molar-refractivity contribution < 1.29 is 14.0 Å². The number of hydrogen-bond acceptors (Lipinski definition) is 5. The molecule has 0 aliphatic rings. The van der Waals surface area contributed by atoms with Crippen molar-refractivity contribution >= 4 is 23.6 Å². The van der Waals surface area contributed by atoms with Crippen molar-refractivity contribution in [2.45, 2.75) is 25.9 Å². The summed E-state index contributed by atoms with van der Waals surface area (Å²) in [5.74, 6) is -0.777. The first-order valence-electron chi connectivity index (χ1n) is 8.11. The molecule has 0 spiro atoms. The molecule has 138 valence electrons. The number of carbonyl (C=O) groups is 2. The van der Waals surface area contributed by atoms with Crippen molar-refractivity contribution in [2.75, 3.05) is 18.8 Å². The number of halogens is 1. The van der Waals surface area contributed by atoms with E-state index in [1.165, 1.54) is 17.8 Å². The van der Waals surface area contributed by atoms with E-state index in [-0.39, 0.29) is 36.2 Å². The first kappa shape index (κ1) is 19.8. The molecule has 0 saturated heterocycles. The maximum Gasteiger partial charge on any atom is 0.251 e. The van der Waals surface area contributed by atoms with Gasteiger partial charge in [0.1, 0.15) is 5.82 Å². The predicted octanol–water partition coefficient (Wildman–Crippen LogP) is 2.18. The molecule has 6 nitrogen and oxygen atoms in total. The van der Waals surface area contributed by atoms with E-state index in [1.807, 2.05) is 19.9 Å². The van der Waals surface area contributed by atoms with Gasteiger partial charge in [-0.1, -0.05) is 17.8 Å². The molecule has 2 N–H and O–H groups in total. The Kier molecular flexibility index (Phi) is 7.08. The van der Waals surface area contributed by atoms with Gasteiger partial charge in [0.05, 0.1) is 5.75 Å². The molecule has 2 amide bonds. The van der Waals surface area contributed by atoms with Crippen LogP contribution in [0.15, 0.2) is 29.4 Å². The molecule has 0 atom stereocenters. The molecule has 1 heterocycles. The van der Waals surface area contributed by atoms with Gasteiger partial charge in [0.25, 0.3) is 5.91 Å². The number of nitrogens with one attached hydrogen (secondary N) is 2. The maximum absolute atomic E-state index is 13.5. The Morgan fingerprint density at radius 1 is 1.04 bits per heavy atom. The normalized spacial score (nSPS) is 10.5. The number of benzene rings is 1. The van der Waals surface area contributed by atoms with Crippen molar-refractivity contribution in [3.63, 3.8) is 0 Å². The molecule has 2 aromatic rings. The minimum Gasteiger partial charge on any atom is -0.354 e. The number of aromatic nitrogens is 2. The van der Waals surface area contributed by atoms with Crippen LogP contribution in [0.2, 0.25) is 0 Å². The molecular weight excluding hydrogens is 355 g/mol. The van der Waals surface area contributed by atoms with Crippen LogP contribution in [-0.4, -0.2) is 40.6 Å². The Balaban J connectivity index is 1.69. The number of hydrogen-bond donors (Lipinski definition) is 2. The molecule has 0 aliphatic carbocycles. The van der Waals surface area contributed by atoms with E-state index in [1.54, 1.807) is 19.1 Å². The van der Waals surface area contributed by atoms with Crippen molar-refractivity contribution in [1.82, 2.24) is 20.6 Å². The van der Waals surface area contributed by atoms with Gasteiger partial charge in [-0.15, -0.1) is 0 Å². The van der Waals surface area contributed by atoms with Crippen LogP contribution in [0.25, 0.3) is 0 Å². The second-order valence-electron chi connectivity index (χ2n) is 5.79. The molecule has 1 aromatic carbocycles. The average molecular weight is 376 g/mol. The zero-order valence-corrected chi connectivity index (χ0v) is 15.7. The van der Waals surface area contributed by atoms with E-state index in [4.69, 9.17) is 0 Å². The summed E-state index contributed by atoms with van der Waals surface area (Å²) in [5, 5.41) is 5.91. The Hall–Kier alpha value is -2.48. The van der Waals surface area contributed by atoms with Gasteiger partial charge in [0, 0.05) is 30.0 Å². The third kappa shape index (κ3) is 6.11. The van der Waals surface area contributed by atoms with E-state index in [9.17, 15) is 14.0 Å². The van der Waals surface area contributed by atoms with Crippen molar-refractivity contribution in [1.29, 1.82) is 0 Å². The summed E-state index contributed by atoms with van der Waals surface area (Å²) < 4.78 is 13.5. The molecular formula is C18H21FN4O2S. The zero-order valence-electron chi connectivity index (χ0n) is 14.9. The quantitative estimate of drug-likeness (QED) is 0.440. The third-order valence-electron chi connectivity index (χ3n) is 3.46. The van der Waals surface area contributed by atoms with Gasteiger partial charge < -0.3 is 10.6 Å². The standard InChI is InChI=1S/C18H21FN4O2S/c1-11-4-5-14(9-15(11)19)17(25)21-7-6-20-16(24)10-26-18-22-12(2)8-13(3)23-18/h4-5,8-9H,6-7,10H2,1-3H3,(H,20,24)(H,21,25). The largest absolute Gasteiger partial charge is 0.354 e. The second kappa shape index (κ2) is 9.28. The lowest BCUT2D eigenvalue weighted by Crippen LogP contribution is -2.35. The lowest BCUT2D eigenvalue weighted by molar-refractivity contribution is -0.118. The molecule has 0 saturated carbocycles. The number of carbonyl (C=O) groups excluding carboxylic acids is 2. The molecule has 0 unspecified atom stereocenters. The highest BCUT2D eigenvalue weighted by Gasteiger charge is 2.09. The van der Waals surface area contributed by atoms with Crippen molar-refractivity contribution in [3.05, 3.63) is 52.6 Å². The summed E-state index contributed by atoms with van der Waals surface area (Å²) in [6.45, 7) is 5.93. The monoisotopic (exact) mass is 376 g/mol. The molecule has 8 heteroatoms.